The topological polar surface area (TPSA) is 113 Å². The molecule has 0 saturated carbocycles. The van der Waals surface area contributed by atoms with Crippen LogP contribution >= 0.6 is 0 Å². The average Bonchev–Trinajstić information content (AvgIpc) is 3.49. The van der Waals surface area contributed by atoms with Gasteiger partial charge in [-0.1, -0.05) is 6.07 Å². The van der Waals surface area contributed by atoms with Gasteiger partial charge >= 0.3 is 0 Å². The number of hydrogen-bond donors (Lipinski definition) is 2. The summed E-state index contributed by atoms with van der Waals surface area (Å²) < 4.78 is 34.3. The number of carbonyl (C=O) groups excluding carboxylic acids is 1. The predicted molar refractivity (Wildman–Crippen MR) is 107 cm³/mol. The lowest BCUT2D eigenvalue weighted by molar-refractivity contribution is 0.0631. The summed E-state index contributed by atoms with van der Waals surface area (Å²) in [5.74, 6) is -1.67. The molecular formula is C21H20F2N6O3. The van der Waals surface area contributed by atoms with Crippen LogP contribution in [0.1, 0.15) is 70.4 Å². The molecule has 1 aliphatic heterocycles. The van der Waals surface area contributed by atoms with Crippen LogP contribution in [0.25, 0.3) is 5.52 Å². The minimum absolute atomic E-state index is 0.235. The lowest BCUT2D eigenvalue weighted by Crippen LogP contribution is -2.41. The number of fused-ring (bicyclic) bond motifs is 2. The number of oxazole rings is 1. The Morgan fingerprint density at radius 3 is 2.91 bits per heavy atom. The molecule has 0 spiro atoms. The van der Waals surface area contributed by atoms with Gasteiger partial charge < -0.3 is 19.4 Å². The summed E-state index contributed by atoms with van der Waals surface area (Å²) >= 11 is 0. The highest BCUT2D eigenvalue weighted by molar-refractivity contribution is 5.93. The number of H-pyrrole nitrogens is 1. The van der Waals surface area contributed by atoms with Crippen LogP contribution in [0.3, 0.4) is 0 Å². The van der Waals surface area contributed by atoms with E-state index in [1.165, 1.54) is 18.2 Å². The zero-order valence-electron chi connectivity index (χ0n) is 17.3. The molecule has 166 valence electrons. The van der Waals surface area contributed by atoms with Crippen molar-refractivity contribution in [1.29, 1.82) is 0 Å². The summed E-state index contributed by atoms with van der Waals surface area (Å²) in [6.45, 7) is 3.47. The normalized spacial score (nSPS) is 17.2. The van der Waals surface area contributed by atoms with Crippen LogP contribution in [0.2, 0.25) is 0 Å². The van der Waals surface area contributed by atoms with Crippen molar-refractivity contribution in [1.82, 2.24) is 29.5 Å². The number of pyridine rings is 1. The van der Waals surface area contributed by atoms with E-state index in [9.17, 15) is 18.7 Å². The second-order valence-corrected chi connectivity index (χ2v) is 7.73. The van der Waals surface area contributed by atoms with Crippen LogP contribution in [0, 0.1) is 6.92 Å². The largest absolute Gasteiger partial charge is 0.432 e. The fourth-order valence-electron chi connectivity index (χ4n) is 4.06. The number of nitrogens with zero attached hydrogens (tertiary/aromatic N) is 5. The molecule has 0 aromatic carbocycles. The van der Waals surface area contributed by atoms with E-state index in [0.29, 0.717) is 17.8 Å². The van der Waals surface area contributed by atoms with Crippen molar-refractivity contribution in [2.75, 3.05) is 6.54 Å². The molecule has 1 aliphatic rings. The third kappa shape index (κ3) is 3.16. The third-order valence-electron chi connectivity index (χ3n) is 5.59. The van der Waals surface area contributed by atoms with Crippen LogP contribution < -0.4 is 0 Å². The molecule has 11 heteroatoms. The summed E-state index contributed by atoms with van der Waals surface area (Å²) in [7, 11) is 0. The van der Waals surface area contributed by atoms with Gasteiger partial charge in [0.25, 0.3) is 12.3 Å². The monoisotopic (exact) mass is 442 g/mol. The number of hydrogen-bond acceptors (Lipinski definition) is 6. The first-order valence-electron chi connectivity index (χ1n) is 10.1. The van der Waals surface area contributed by atoms with E-state index in [1.54, 1.807) is 4.52 Å². The Morgan fingerprint density at radius 2 is 2.19 bits per heavy atom. The number of aryl methyl sites for hydroxylation is 1. The van der Waals surface area contributed by atoms with Crippen molar-refractivity contribution in [3.05, 3.63) is 70.7 Å². The molecule has 9 nitrogen and oxygen atoms in total. The standard InChI is InChI=1S/C21H20F2N6O3/c1-10-4-3-5-12-8-14(27-29(10)12)17-15-13(24-9-25-15)6-7-28(17)21(31)18-16(19(22)23)26-20(32-18)11(2)30/h3-5,8-9,11,17,19,30H,6-7H2,1-2H3,(H,24,25)/t11-,17-/m0/s1. The molecule has 0 unspecified atom stereocenters. The quantitative estimate of drug-likeness (QED) is 0.502. The van der Waals surface area contributed by atoms with Crippen molar-refractivity contribution >= 4 is 11.4 Å². The molecule has 4 aromatic heterocycles. The van der Waals surface area contributed by atoms with Gasteiger partial charge in [-0.05, 0) is 32.0 Å². The molecule has 0 aliphatic carbocycles. The molecule has 2 N–H and O–H groups in total. The molecule has 0 fully saturated rings. The number of rotatable bonds is 4. The Labute approximate surface area is 180 Å². The van der Waals surface area contributed by atoms with Crippen LogP contribution in [-0.2, 0) is 6.42 Å². The van der Waals surface area contributed by atoms with Gasteiger partial charge in [0.1, 0.15) is 12.1 Å². The van der Waals surface area contributed by atoms with Crippen LogP contribution in [-0.4, -0.2) is 47.0 Å². The number of alkyl halides is 2. The number of aliphatic hydroxyl groups is 1. The minimum Gasteiger partial charge on any atom is -0.432 e. The van der Waals surface area contributed by atoms with Gasteiger partial charge in [0, 0.05) is 24.4 Å². The molecule has 0 bridgehead atoms. The number of imidazole rings is 1. The summed E-state index contributed by atoms with van der Waals surface area (Å²) in [6, 6.07) is 6.85. The summed E-state index contributed by atoms with van der Waals surface area (Å²) in [6.07, 6.45) is -2.26. The molecular weight excluding hydrogens is 422 g/mol. The lowest BCUT2D eigenvalue weighted by Gasteiger charge is -2.33. The van der Waals surface area contributed by atoms with Crippen LogP contribution in [0.15, 0.2) is 35.0 Å². The number of nitrogens with one attached hydrogen (secondary N) is 1. The third-order valence-corrected chi connectivity index (χ3v) is 5.59. The first-order chi connectivity index (χ1) is 15.3. The van der Waals surface area contributed by atoms with Crippen LogP contribution in [0.5, 0.6) is 0 Å². The highest BCUT2D eigenvalue weighted by atomic mass is 19.3. The Kier molecular flexibility index (Phi) is 4.77. The number of amides is 1. The molecule has 2 atom stereocenters. The SMILES string of the molecule is Cc1cccc2cc([C@H]3c4nc[nH]c4CCN3C(=O)c3oc([C@H](C)O)nc3C(F)F)nn12. The molecule has 0 saturated heterocycles. The number of aromatic amines is 1. The van der Waals surface area contributed by atoms with Gasteiger partial charge in [0.05, 0.1) is 23.2 Å². The Balaban J connectivity index is 1.63. The number of carbonyl (C=O) groups is 1. The zero-order chi connectivity index (χ0) is 22.6. The van der Waals surface area contributed by atoms with Gasteiger partial charge in [-0.3, -0.25) is 4.79 Å². The smallest absolute Gasteiger partial charge is 0.292 e. The Bertz CT molecular complexity index is 1310. The summed E-state index contributed by atoms with van der Waals surface area (Å²) in [5, 5.41) is 14.4. The fourth-order valence-corrected chi connectivity index (χ4v) is 4.06. The fraction of sp³-hybridized carbons (Fsp3) is 0.333. The van der Waals surface area contributed by atoms with E-state index in [-0.39, 0.29) is 12.4 Å². The predicted octanol–water partition coefficient (Wildman–Crippen LogP) is 3.13. The van der Waals surface area contributed by atoms with Gasteiger partial charge in [-0.2, -0.15) is 5.10 Å². The first kappa shape index (κ1) is 20.3. The highest BCUT2D eigenvalue weighted by Crippen LogP contribution is 2.36. The van der Waals surface area contributed by atoms with E-state index in [2.05, 4.69) is 20.1 Å². The summed E-state index contributed by atoms with van der Waals surface area (Å²) in [4.78, 5) is 26.0. The Morgan fingerprint density at radius 1 is 1.38 bits per heavy atom. The van der Waals surface area contributed by atoms with Crippen molar-refractivity contribution in [3.63, 3.8) is 0 Å². The van der Waals surface area contributed by atoms with E-state index in [4.69, 9.17) is 4.42 Å². The Hall–Kier alpha value is -3.60. The zero-order valence-corrected chi connectivity index (χ0v) is 17.3. The van der Waals surface area contributed by atoms with Gasteiger partial charge in [0.2, 0.25) is 11.7 Å². The summed E-state index contributed by atoms with van der Waals surface area (Å²) in [5.41, 5.74) is 2.95. The van der Waals surface area contributed by atoms with E-state index >= 15 is 0 Å². The number of aromatic nitrogens is 5. The van der Waals surface area contributed by atoms with E-state index in [0.717, 1.165) is 16.9 Å². The lowest BCUT2D eigenvalue weighted by atomic mass is 9.99. The van der Waals surface area contributed by atoms with E-state index in [1.807, 2.05) is 31.2 Å². The molecule has 5 heterocycles. The second kappa shape index (κ2) is 7.52. The average molecular weight is 442 g/mol. The maximum Gasteiger partial charge on any atom is 0.292 e. The van der Waals surface area contributed by atoms with Crippen molar-refractivity contribution in [2.24, 2.45) is 0 Å². The highest BCUT2D eigenvalue weighted by Gasteiger charge is 2.40. The second-order valence-electron chi connectivity index (χ2n) is 7.73. The molecule has 5 rings (SSSR count). The maximum absolute atomic E-state index is 13.6. The minimum atomic E-state index is -3.03. The van der Waals surface area contributed by atoms with Crippen molar-refractivity contribution in [2.45, 2.75) is 38.8 Å². The van der Waals surface area contributed by atoms with Gasteiger partial charge in [-0.25, -0.2) is 23.3 Å². The van der Waals surface area contributed by atoms with E-state index < -0.39 is 35.9 Å². The van der Waals surface area contributed by atoms with Gasteiger partial charge in [-0.15, -0.1) is 0 Å². The number of halogens is 2. The van der Waals surface area contributed by atoms with Crippen LogP contribution in [0.4, 0.5) is 8.78 Å². The molecule has 0 radical (unpaired) electrons. The molecule has 1 amide bonds. The molecule has 4 aromatic rings. The van der Waals surface area contributed by atoms with Crippen molar-refractivity contribution < 1.29 is 23.1 Å². The molecule has 32 heavy (non-hydrogen) atoms. The van der Waals surface area contributed by atoms with Crippen molar-refractivity contribution in [3.8, 4) is 0 Å². The number of aliphatic hydroxyl groups excluding tert-OH is 1. The first-order valence-corrected chi connectivity index (χ1v) is 10.1. The van der Waals surface area contributed by atoms with Gasteiger partial charge in [0.15, 0.2) is 5.69 Å². The maximum atomic E-state index is 13.6.